The van der Waals surface area contributed by atoms with Gasteiger partial charge in [-0.2, -0.15) is 0 Å². The summed E-state index contributed by atoms with van der Waals surface area (Å²) in [7, 11) is 6.38. The fourth-order valence-corrected chi connectivity index (χ4v) is 5.06. The number of hydrogen-bond donors (Lipinski definition) is 0. The molecule has 0 aromatic carbocycles. The van der Waals surface area contributed by atoms with Gasteiger partial charge in [0, 0.05) is 6.61 Å². The number of unbranched alkanes of at least 4 members (excludes halogenated alkanes) is 9. The number of ketones is 1. The quantitative estimate of drug-likeness (QED) is 0.0524. The summed E-state index contributed by atoms with van der Waals surface area (Å²) < 4.78 is 23.3. The zero-order chi connectivity index (χ0) is 28.6. The lowest BCUT2D eigenvalue weighted by atomic mass is 9.85. The van der Waals surface area contributed by atoms with Crippen molar-refractivity contribution in [1.29, 1.82) is 0 Å². The molecule has 7 nitrogen and oxygen atoms in total. The van der Waals surface area contributed by atoms with E-state index in [9.17, 15) is 9.59 Å². The summed E-state index contributed by atoms with van der Waals surface area (Å²) in [5, 5.41) is 0. The Morgan fingerprint density at radius 3 is 1.82 bits per heavy atom. The van der Waals surface area contributed by atoms with Gasteiger partial charge >= 0.3 is 5.97 Å². The summed E-state index contributed by atoms with van der Waals surface area (Å²) in [6.45, 7) is 5.09. The van der Waals surface area contributed by atoms with Crippen molar-refractivity contribution in [1.82, 2.24) is 0 Å². The Morgan fingerprint density at radius 2 is 1.23 bits per heavy atom. The summed E-state index contributed by atoms with van der Waals surface area (Å²) in [6, 6.07) is 0. The van der Waals surface area contributed by atoms with Crippen LogP contribution in [0.2, 0.25) is 0 Å². The predicted molar refractivity (Wildman–Crippen MR) is 158 cm³/mol. The predicted octanol–water partition coefficient (Wildman–Crippen LogP) is 6.50. The Morgan fingerprint density at radius 1 is 0.692 bits per heavy atom. The Bertz CT molecular complexity index is 600. The number of carbonyl (C=O) groups excluding carboxylic acids is 2. The van der Waals surface area contributed by atoms with Crippen molar-refractivity contribution >= 4 is 11.8 Å². The summed E-state index contributed by atoms with van der Waals surface area (Å²) in [5.41, 5.74) is 0. The number of esters is 1. The zero-order valence-electron chi connectivity index (χ0n) is 26.0. The number of rotatable bonds is 26. The number of hydrogen-bond acceptors (Lipinski definition) is 6. The minimum atomic E-state index is -0.525. The first-order valence-electron chi connectivity index (χ1n) is 16.0. The number of Topliss-reactive ketones (excluding diaryl/α,β-unsaturated/α-hetero) is 1. The van der Waals surface area contributed by atoms with Crippen molar-refractivity contribution in [2.45, 2.75) is 122 Å². The molecule has 0 aliphatic heterocycles. The average Bonchev–Trinajstić information content (AvgIpc) is 2.87. The Labute approximate surface area is 240 Å². The molecule has 0 heterocycles. The molecule has 7 heteroatoms. The van der Waals surface area contributed by atoms with E-state index in [1.165, 1.54) is 96.8 Å². The zero-order valence-corrected chi connectivity index (χ0v) is 26.0. The number of likely N-dealkylation sites (N-methyl/N-ethyl adjacent to an activating group) is 1. The molecule has 1 aliphatic carbocycles. The highest BCUT2D eigenvalue weighted by Gasteiger charge is 2.17. The molecule has 1 rings (SSSR count). The average molecular weight is 557 g/mol. The monoisotopic (exact) mass is 556 g/mol. The molecule has 230 valence electrons. The summed E-state index contributed by atoms with van der Waals surface area (Å²) in [6.07, 6.45) is 21.2. The van der Waals surface area contributed by atoms with E-state index in [4.69, 9.17) is 18.9 Å². The Kier molecular flexibility index (Phi) is 21.8. The molecule has 1 atom stereocenters. The van der Waals surface area contributed by atoms with E-state index in [1.54, 1.807) is 0 Å². The molecule has 0 bridgehead atoms. The van der Waals surface area contributed by atoms with E-state index in [1.807, 2.05) is 0 Å². The van der Waals surface area contributed by atoms with Crippen molar-refractivity contribution in [3.63, 3.8) is 0 Å². The van der Waals surface area contributed by atoms with Gasteiger partial charge in [-0.3, -0.25) is 9.59 Å². The van der Waals surface area contributed by atoms with Crippen molar-refractivity contribution < 1.29 is 33.0 Å². The molecular weight excluding hydrogens is 494 g/mol. The van der Waals surface area contributed by atoms with E-state index in [2.05, 4.69) is 21.1 Å². The summed E-state index contributed by atoms with van der Waals surface area (Å²) in [4.78, 5) is 23.2. The van der Waals surface area contributed by atoms with Gasteiger partial charge in [-0.1, -0.05) is 96.3 Å². The van der Waals surface area contributed by atoms with Crippen LogP contribution < -0.4 is 0 Å². The first-order chi connectivity index (χ1) is 18.8. The van der Waals surface area contributed by atoms with Crippen LogP contribution in [-0.4, -0.2) is 89.7 Å². The fraction of sp³-hybridized carbons (Fsp3) is 0.938. The van der Waals surface area contributed by atoms with Gasteiger partial charge in [0.1, 0.15) is 24.9 Å². The van der Waals surface area contributed by atoms with Gasteiger partial charge in [0.2, 0.25) is 0 Å². The third kappa shape index (κ3) is 24.5. The molecule has 0 aromatic heterocycles. The maximum Gasteiger partial charge on any atom is 0.313 e. The van der Waals surface area contributed by atoms with Crippen LogP contribution in [0, 0.1) is 5.92 Å². The van der Waals surface area contributed by atoms with Crippen LogP contribution >= 0.6 is 0 Å². The molecule has 1 fully saturated rings. The lowest BCUT2D eigenvalue weighted by Gasteiger charge is -2.23. The third-order valence-electron chi connectivity index (χ3n) is 7.45. The molecule has 0 saturated heterocycles. The highest BCUT2D eigenvalue weighted by molar-refractivity contribution is 5.94. The van der Waals surface area contributed by atoms with Gasteiger partial charge in [-0.15, -0.1) is 0 Å². The minimum Gasteiger partial charge on any atom is -0.457 e. The molecular formula is C32H62NO6+. The van der Waals surface area contributed by atoms with Crippen LogP contribution in [0.5, 0.6) is 0 Å². The van der Waals surface area contributed by atoms with Gasteiger partial charge in [-0.25, -0.2) is 0 Å². The normalized spacial score (nSPS) is 15.4. The van der Waals surface area contributed by atoms with Gasteiger partial charge in [-0.05, 0) is 19.3 Å². The molecule has 0 amide bonds. The van der Waals surface area contributed by atoms with Gasteiger partial charge in [0.05, 0.1) is 54.2 Å². The molecule has 0 N–H and O–H groups in total. The topological polar surface area (TPSA) is 71.1 Å². The Hall–Kier alpha value is -1.02. The van der Waals surface area contributed by atoms with Gasteiger partial charge in [0.15, 0.2) is 0 Å². The first-order valence-corrected chi connectivity index (χ1v) is 16.0. The second-order valence-electron chi connectivity index (χ2n) is 12.6. The van der Waals surface area contributed by atoms with E-state index < -0.39 is 12.1 Å². The number of quaternary nitrogens is 1. The van der Waals surface area contributed by atoms with Crippen molar-refractivity contribution in [3.05, 3.63) is 0 Å². The second kappa shape index (κ2) is 23.7. The molecule has 1 unspecified atom stereocenters. The highest BCUT2D eigenvalue weighted by Crippen LogP contribution is 2.28. The molecule has 0 spiro atoms. The standard InChI is InChI=1S/C32H62NO6/c1-29(34)26-32(35)39-31(28-38-25-24-36-23-21-33(2,3)4)27-37-22-17-12-10-8-6-5-7-9-11-14-18-30-19-15-13-16-20-30/h30-31H,5-28H2,1-4H3/q+1. The molecule has 39 heavy (non-hydrogen) atoms. The van der Waals surface area contributed by atoms with Crippen molar-refractivity contribution in [2.75, 3.05) is 67.3 Å². The summed E-state index contributed by atoms with van der Waals surface area (Å²) >= 11 is 0. The third-order valence-corrected chi connectivity index (χ3v) is 7.45. The molecule has 0 radical (unpaired) electrons. The fourth-order valence-electron chi connectivity index (χ4n) is 5.06. The molecule has 0 aromatic rings. The van der Waals surface area contributed by atoms with E-state index in [0.29, 0.717) is 26.4 Å². The smallest absolute Gasteiger partial charge is 0.313 e. The number of nitrogens with zero attached hydrogens (tertiary/aromatic N) is 1. The van der Waals surface area contributed by atoms with Gasteiger partial charge in [0.25, 0.3) is 0 Å². The number of ether oxygens (including phenoxy) is 4. The first kappa shape index (κ1) is 36.0. The van der Waals surface area contributed by atoms with Crippen LogP contribution in [0.15, 0.2) is 0 Å². The Balaban J connectivity index is 2.00. The van der Waals surface area contributed by atoms with Crippen LogP contribution in [0.3, 0.4) is 0 Å². The van der Waals surface area contributed by atoms with Crippen LogP contribution in [0.25, 0.3) is 0 Å². The largest absolute Gasteiger partial charge is 0.457 e. The molecule has 1 aliphatic rings. The molecule has 1 saturated carbocycles. The van der Waals surface area contributed by atoms with Crippen molar-refractivity contribution in [3.8, 4) is 0 Å². The van der Waals surface area contributed by atoms with E-state index in [0.717, 1.165) is 29.8 Å². The maximum atomic E-state index is 12.0. The van der Waals surface area contributed by atoms with Gasteiger partial charge < -0.3 is 23.4 Å². The van der Waals surface area contributed by atoms with Crippen LogP contribution in [-0.2, 0) is 28.5 Å². The highest BCUT2D eigenvalue weighted by atomic mass is 16.6. The van der Waals surface area contributed by atoms with E-state index in [-0.39, 0.29) is 25.4 Å². The minimum absolute atomic E-state index is 0.208. The maximum absolute atomic E-state index is 12.0. The lowest BCUT2D eigenvalue weighted by Crippen LogP contribution is -2.37. The van der Waals surface area contributed by atoms with Crippen LogP contribution in [0.1, 0.15) is 116 Å². The summed E-state index contributed by atoms with van der Waals surface area (Å²) in [5.74, 6) is 0.306. The van der Waals surface area contributed by atoms with Crippen molar-refractivity contribution in [2.24, 2.45) is 5.92 Å². The van der Waals surface area contributed by atoms with E-state index >= 15 is 0 Å². The number of carbonyl (C=O) groups is 2. The second-order valence-corrected chi connectivity index (χ2v) is 12.6. The van der Waals surface area contributed by atoms with Crippen LogP contribution in [0.4, 0.5) is 0 Å². The SMILES string of the molecule is CC(=O)CC(=O)OC(COCCCCCCCCCCCCC1CCCCC1)COCCOCC[N+](C)(C)C. The lowest BCUT2D eigenvalue weighted by molar-refractivity contribution is -0.870.